The molecule has 0 saturated heterocycles. The Bertz CT molecular complexity index is 283. The SMILES string of the molecule is CC#CC(=O)NCCC1=CCNCC1. The molecule has 0 radical (unpaired) electrons. The summed E-state index contributed by atoms with van der Waals surface area (Å²) in [5, 5.41) is 6.01. The van der Waals surface area contributed by atoms with Gasteiger partial charge in [0.05, 0.1) is 0 Å². The first-order chi connectivity index (χ1) is 6.83. The molecule has 0 saturated carbocycles. The number of carbonyl (C=O) groups is 1. The van der Waals surface area contributed by atoms with Crippen molar-refractivity contribution in [3.05, 3.63) is 11.6 Å². The van der Waals surface area contributed by atoms with Crippen LogP contribution >= 0.6 is 0 Å². The first-order valence-electron chi connectivity index (χ1n) is 4.92. The highest BCUT2D eigenvalue weighted by Crippen LogP contribution is 2.07. The number of rotatable bonds is 3. The van der Waals surface area contributed by atoms with Gasteiger partial charge in [-0.1, -0.05) is 17.6 Å². The zero-order valence-electron chi connectivity index (χ0n) is 8.52. The number of hydrogen-bond donors (Lipinski definition) is 2. The second-order valence-electron chi connectivity index (χ2n) is 3.20. The van der Waals surface area contributed by atoms with Crippen LogP contribution in [0.3, 0.4) is 0 Å². The molecule has 0 bridgehead atoms. The van der Waals surface area contributed by atoms with Crippen LogP contribution in [0, 0.1) is 11.8 Å². The Morgan fingerprint density at radius 3 is 3.21 bits per heavy atom. The molecule has 2 N–H and O–H groups in total. The predicted octanol–water partition coefficient (Wildman–Crippen LogP) is 0.436. The molecule has 1 amide bonds. The second-order valence-corrected chi connectivity index (χ2v) is 3.20. The molecule has 0 aromatic carbocycles. The van der Waals surface area contributed by atoms with Gasteiger partial charge in [-0.2, -0.15) is 0 Å². The van der Waals surface area contributed by atoms with Crippen molar-refractivity contribution in [2.75, 3.05) is 19.6 Å². The molecule has 0 aliphatic carbocycles. The minimum atomic E-state index is -0.179. The molecular weight excluding hydrogens is 176 g/mol. The van der Waals surface area contributed by atoms with Crippen molar-refractivity contribution in [2.45, 2.75) is 19.8 Å². The average Bonchev–Trinajstić information content (AvgIpc) is 2.20. The van der Waals surface area contributed by atoms with Gasteiger partial charge in [0.2, 0.25) is 0 Å². The van der Waals surface area contributed by atoms with Crippen LogP contribution in [-0.4, -0.2) is 25.5 Å². The zero-order chi connectivity index (χ0) is 10.2. The molecule has 1 aliphatic heterocycles. The Hall–Kier alpha value is -1.27. The Morgan fingerprint density at radius 2 is 2.57 bits per heavy atom. The molecule has 1 aliphatic rings. The fraction of sp³-hybridized carbons (Fsp3) is 0.545. The largest absolute Gasteiger partial charge is 0.345 e. The van der Waals surface area contributed by atoms with E-state index in [0.29, 0.717) is 6.54 Å². The summed E-state index contributed by atoms with van der Waals surface area (Å²) in [6.07, 6.45) is 4.23. The number of carbonyl (C=O) groups excluding carboxylic acids is 1. The van der Waals surface area contributed by atoms with Gasteiger partial charge >= 0.3 is 0 Å². The predicted molar refractivity (Wildman–Crippen MR) is 56.6 cm³/mol. The summed E-state index contributed by atoms with van der Waals surface area (Å²) in [7, 11) is 0. The highest BCUT2D eigenvalue weighted by atomic mass is 16.1. The third-order valence-electron chi connectivity index (χ3n) is 2.13. The Balaban J connectivity index is 2.16. The van der Waals surface area contributed by atoms with E-state index in [1.807, 2.05) is 0 Å². The van der Waals surface area contributed by atoms with Crippen molar-refractivity contribution in [1.82, 2.24) is 10.6 Å². The average molecular weight is 192 g/mol. The summed E-state index contributed by atoms with van der Waals surface area (Å²) in [4.78, 5) is 11.0. The van der Waals surface area contributed by atoms with Gasteiger partial charge in [-0.15, -0.1) is 0 Å². The highest BCUT2D eigenvalue weighted by molar-refractivity contribution is 5.93. The summed E-state index contributed by atoms with van der Waals surface area (Å²) in [6.45, 7) is 4.36. The van der Waals surface area contributed by atoms with E-state index in [1.54, 1.807) is 6.92 Å². The molecule has 0 aromatic rings. The van der Waals surface area contributed by atoms with Gasteiger partial charge in [-0.05, 0) is 32.2 Å². The van der Waals surface area contributed by atoms with Crippen molar-refractivity contribution >= 4 is 5.91 Å². The maximum Gasteiger partial charge on any atom is 0.295 e. The fourth-order valence-corrected chi connectivity index (χ4v) is 1.39. The van der Waals surface area contributed by atoms with E-state index in [-0.39, 0.29) is 5.91 Å². The Morgan fingerprint density at radius 1 is 1.71 bits per heavy atom. The zero-order valence-corrected chi connectivity index (χ0v) is 8.52. The normalized spacial score (nSPS) is 15.1. The standard InChI is InChI=1S/C11H16N2O/c1-2-3-11(14)13-9-6-10-4-7-12-8-5-10/h4,12H,5-9H2,1H3,(H,13,14). The molecule has 1 heterocycles. The topological polar surface area (TPSA) is 41.1 Å². The summed E-state index contributed by atoms with van der Waals surface area (Å²) in [5.41, 5.74) is 1.42. The number of nitrogens with one attached hydrogen (secondary N) is 2. The van der Waals surface area contributed by atoms with Gasteiger partial charge in [-0.3, -0.25) is 4.79 Å². The first kappa shape index (κ1) is 10.8. The van der Waals surface area contributed by atoms with Crippen molar-refractivity contribution in [2.24, 2.45) is 0 Å². The first-order valence-corrected chi connectivity index (χ1v) is 4.92. The van der Waals surface area contributed by atoms with E-state index in [9.17, 15) is 4.79 Å². The summed E-state index contributed by atoms with van der Waals surface area (Å²) >= 11 is 0. The molecule has 3 heteroatoms. The molecule has 0 spiro atoms. The number of amides is 1. The van der Waals surface area contributed by atoms with Gasteiger partial charge < -0.3 is 10.6 Å². The maximum atomic E-state index is 11.0. The van der Waals surface area contributed by atoms with Crippen molar-refractivity contribution in [3.8, 4) is 11.8 Å². The minimum Gasteiger partial charge on any atom is -0.345 e. The lowest BCUT2D eigenvalue weighted by Crippen LogP contribution is -2.25. The summed E-state index contributed by atoms with van der Waals surface area (Å²) < 4.78 is 0. The number of hydrogen-bond acceptors (Lipinski definition) is 2. The molecule has 3 nitrogen and oxygen atoms in total. The summed E-state index contributed by atoms with van der Waals surface area (Å²) in [5.74, 6) is 4.84. The van der Waals surface area contributed by atoms with E-state index in [0.717, 1.165) is 25.9 Å². The van der Waals surface area contributed by atoms with E-state index in [2.05, 4.69) is 28.6 Å². The van der Waals surface area contributed by atoms with Crippen LogP contribution in [0.5, 0.6) is 0 Å². The molecule has 0 fully saturated rings. The van der Waals surface area contributed by atoms with E-state index < -0.39 is 0 Å². The van der Waals surface area contributed by atoms with Crippen LogP contribution in [0.2, 0.25) is 0 Å². The van der Waals surface area contributed by atoms with E-state index in [4.69, 9.17) is 0 Å². The van der Waals surface area contributed by atoms with E-state index in [1.165, 1.54) is 5.57 Å². The van der Waals surface area contributed by atoms with Crippen LogP contribution in [0.15, 0.2) is 11.6 Å². The van der Waals surface area contributed by atoms with Crippen molar-refractivity contribution < 1.29 is 4.79 Å². The van der Waals surface area contributed by atoms with Gasteiger partial charge in [0.25, 0.3) is 5.91 Å². The lowest BCUT2D eigenvalue weighted by Gasteiger charge is -2.13. The van der Waals surface area contributed by atoms with Gasteiger partial charge in [0, 0.05) is 13.1 Å². The highest BCUT2D eigenvalue weighted by Gasteiger charge is 2.02. The minimum absolute atomic E-state index is 0.179. The quantitative estimate of drug-likeness (QED) is 0.503. The third-order valence-corrected chi connectivity index (χ3v) is 2.13. The van der Waals surface area contributed by atoms with Gasteiger partial charge in [0.1, 0.15) is 0 Å². The lowest BCUT2D eigenvalue weighted by atomic mass is 10.1. The monoisotopic (exact) mass is 192 g/mol. The molecule has 14 heavy (non-hydrogen) atoms. The summed E-state index contributed by atoms with van der Waals surface area (Å²) in [6, 6.07) is 0. The lowest BCUT2D eigenvalue weighted by molar-refractivity contribution is -0.115. The van der Waals surface area contributed by atoms with E-state index >= 15 is 0 Å². The van der Waals surface area contributed by atoms with Crippen molar-refractivity contribution in [1.29, 1.82) is 0 Å². The van der Waals surface area contributed by atoms with Crippen LogP contribution in [0.25, 0.3) is 0 Å². The molecule has 0 aromatic heterocycles. The van der Waals surface area contributed by atoms with Crippen molar-refractivity contribution in [3.63, 3.8) is 0 Å². The smallest absolute Gasteiger partial charge is 0.295 e. The molecule has 1 rings (SSSR count). The molecule has 76 valence electrons. The Kier molecular flexibility index (Phi) is 4.81. The molecule has 0 unspecified atom stereocenters. The fourth-order valence-electron chi connectivity index (χ4n) is 1.39. The Labute approximate surface area is 85.0 Å². The van der Waals surface area contributed by atoms with Gasteiger partial charge in [0.15, 0.2) is 0 Å². The van der Waals surface area contributed by atoms with Crippen LogP contribution in [0.4, 0.5) is 0 Å². The van der Waals surface area contributed by atoms with Gasteiger partial charge in [-0.25, -0.2) is 0 Å². The molecule has 0 atom stereocenters. The van der Waals surface area contributed by atoms with Crippen LogP contribution < -0.4 is 10.6 Å². The second kappa shape index (κ2) is 6.22. The third kappa shape index (κ3) is 4.11. The van der Waals surface area contributed by atoms with Crippen LogP contribution in [0.1, 0.15) is 19.8 Å². The van der Waals surface area contributed by atoms with Crippen LogP contribution in [-0.2, 0) is 4.79 Å². The molecular formula is C11H16N2O. The maximum absolute atomic E-state index is 11.0.